The zero-order valence-electron chi connectivity index (χ0n) is 13.4. The molecule has 1 atom stereocenters. The summed E-state index contributed by atoms with van der Waals surface area (Å²) in [6.07, 6.45) is -0.170. The number of ether oxygens (including phenoxy) is 2. The molecule has 1 heterocycles. The van der Waals surface area contributed by atoms with Crippen LogP contribution in [-0.4, -0.2) is 48.2 Å². The van der Waals surface area contributed by atoms with Crippen molar-refractivity contribution in [1.82, 2.24) is 4.90 Å². The molecule has 1 aromatic rings. The molecule has 5 nitrogen and oxygen atoms in total. The molecule has 0 aliphatic carbocycles. The number of carbonyl (C=O) groups excluding carboxylic acids is 2. The van der Waals surface area contributed by atoms with Crippen LogP contribution in [0.4, 0.5) is 4.79 Å². The van der Waals surface area contributed by atoms with E-state index in [0.717, 1.165) is 5.56 Å². The zero-order chi connectivity index (χ0) is 16.2. The molecular formula is C17H23NO4. The average molecular weight is 305 g/mol. The van der Waals surface area contributed by atoms with E-state index in [1.165, 1.54) is 4.90 Å². The van der Waals surface area contributed by atoms with Gasteiger partial charge in [0, 0.05) is 13.0 Å². The number of hydrogen-bond acceptors (Lipinski definition) is 4. The highest BCUT2D eigenvalue weighted by atomic mass is 16.6. The Morgan fingerprint density at radius 3 is 2.59 bits per heavy atom. The first-order valence-corrected chi connectivity index (χ1v) is 7.51. The Morgan fingerprint density at radius 1 is 1.27 bits per heavy atom. The van der Waals surface area contributed by atoms with E-state index >= 15 is 0 Å². The predicted octanol–water partition coefficient (Wildman–Crippen LogP) is 2.43. The zero-order valence-corrected chi connectivity index (χ0v) is 13.4. The quantitative estimate of drug-likeness (QED) is 0.860. The molecule has 1 aliphatic rings. The molecule has 0 saturated carbocycles. The van der Waals surface area contributed by atoms with Crippen molar-refractivity contribution in [3.05, 3.63) is 35.9 Å². The van der Waals surface area contributed by atoms with E-state index in [9.17, 15) is 9.59 Å². The fourth-order valence-electron chi connectivity index (χ4n) is 2.32. The first-order chi connectivity index (χ1) is 10.4. The highest BCUT2D eigenvalue weighted by Gasteiger charge is 2.35. The van der Waals surface area contributed by atoms with Gasteiger partial charge >= 0.3 is 6.09 Å². The summed E-state index contributed by atoms with van der Waals surface area (Å²) in [5.74, 6) is -0.0308. The lowest BCUT2D eigenvalue weighted by Gasteiger charge is -2.35. The van der Waals surface area contributed by atoms with E-state index in [0.29, 0.717) is 13.2 Å². The molecule has 2 rings (SSSR count). The Hall–Kier alpha value is -1.88. The van der Waals surface area contributed by atoms with E-state index < -0.39 is 17.7 Å². The van der Waals surface area contributed by atoms with Crippen LogP contribution in [0, 0.1) is 0 Å². The molecule has 1 saturated heterocycles. The van der Waals surface area contributed by atoms with Gasteiger partial charge < -0.3 is 9.47 Å². The summed E-state index contributed by atoms with van der Waals surface area (Å²) in [4.78, 5) is 26.3. The molecule has 0 N–H and O–H groups in total. The maximum absolute atomic E-state index is 12.5. The largest absolute Gasteiger partial charge is 0.444 e. The summed E-state index contributed by atoms with van der Waals surface area (Å²) in [6, 6.07) is 8.92. The Labute approximate surface area is 131 Å². The number of benzene rings is 1. The molecule has 120 valence electrons. The summed E-state index contributed by atoms with van der Waals surface area (Å²) in [5, 5.41) is 0. The molecule has 5 heteroatoms. The highest BCUT2D eigenvalue weighted by molar-refractivity contribution is 5.89. The van der Waals surface area contributed by atoms with Crippen LogP contribution < -0.4 is 0 Å². The van der Waals surface area contributed by atoms with Crippen molar-refractivity contribution in [2.45, 2.75) is 38.8 Å². The van der Waals surface area contributed by atoms with Crippen molar-refractivity contribution in [3.63, 3.8) is 0 Å². The fourth-order valence-corrected chi connectivity index (χ4v) is 2.32. The Balaban J connectivity index is 2.05. The summed E-state index contributed by atoms with van der Waals surface area (Å²) < 4.78 is 10.8. The van der Waals surface area contributed by atoms with Crippen LogP contribution in [0.3, 0.4) is 0 Å². The van der Waals surface area contributed by atoms with Gasteiger partial charge in [-0.05, 0) is 26.3 Å². The maximum atomic E-state index is 12.5. The van der Waals surface area contributed by atoms with Crippen LogP contribution in [0.5, 0.6) is 0 Å². The van der Waals surface area contributed by atoms with E-state index in [1.807, 2.05) is 51.1 Å². The van der Waals surface area contributed by atoms with Crippen molar-refractivity contribution >= 4 is 11.9 Å². The molecule has 0 aromatic heterocycles. The van der Waals surface area contributed by atoms with Gasteiger partial charge in [-0.25, -0.2) is 4.79 Å². The maximum Gasteiger partial charge on any atom is 0.411 e. The Morgan fingerprint density at radius 2 is 1.95 bits per heavy atom. The van der Waals surface area contributed by atoms with Crippen molar-refractivity contribution in [2.24, 2.45) is 0 Å². The van der Waals surface area contributed by atoms with Gasteiger partial charge in [0.05, 0.1) is 13.2 Å². The molecule has 22 heavy (non-hydrogen) atoms. The smallest absolute Gasteiger partial charge is 0.411 e. The fraction of sp³-hybridized carbons (Fsp3) is 0.529. The third kappa shape index (κ3) is 4.56. The second kappa shape index (κ2) is 6.92. The predicted molar refractivity (Wildman–Crippen MR) is 82.7 cm³/mol. The first kappa shape index (κ1) is 16.5. The van der Waals surface area contributed by atoms with Gasteiger partial charge in [-0.3, -0.25) is 9.69 Å². The summed E-state index contributed by atoms with van der Waals surface area (Å²) in [5.41, 5.74) is 0.352. The Kier molecular flexibility index (Phi) is 5.19. The molecule has 1 amide bonds. The lowest BCUT2D eigenvalue weighted by molar-refractivity contribution is -0.129. The van der Waals surface area contributed by atoms with Crippen molar-refractivity contribution < 1.29 is 19.1 Å². The molecule has 0 spiro atoms. The molecule has 1 aromatic carbocycles. The summed E-state index contributed by atoms with van der Waals surface area (Å²) in [7, 11) is 0. The Bertz CT molecular complexity index is 521. The molecule has 0 unspecified atom stereocenters. The minimum atomic E-state index is -0.581. The third-order valence-electron chi connectivity index (χ3n) is 3.35. The van der Waals surface area contributed by atoms with Gasteiger partial charge in [0.2, 0.25) is 0 Å². The van der Waals surface area contributed by atoms with Crippen molar-refractivity contribution in [3.8, 4) is 0 Å². The SMILES string of the molecule is CC(C)(C)OC(=O)N1CCOC[C@@H]1C(=O)Cc1ccccc1. The number of nitrogens with zero attached hydrogens (tertiary/aromatic N) is 1. The van der Waals surface area contributed by atoms with E-state index in [4.69, 9.17) is 9.47 Å². The van der Waals surface area contributed by atoms with Crippen LogP contribution in [0.25, 0.3) is 0 Å². The summed E-state index contributed by atoms with van der Waals surface area (Å²) >= 11 is 0. The van der Waals surface area contributed by atoms with Crippen molar-refractivity contribution in [2.75, 3.05) is 19.8 Å². The van der Waals surface area contributed by atoms with E-state index in [-0.39, 0.29) is 18.8 Å². The summed E-state index contributed by atoms with van der Waals surface area (Å²) in [6.45, 7) is 6.46. The highest BCUT2D eigenvalue weighted by Crippen LogP contribution is 2.16. The standard InChI is InChI=1S/C17H23NO4/c1-17(2,3)22-16(20)18-9-10-21-12-14(18)15(19)11-13-7-5-4-6-8-13/h4-8,14H,9-12H2,1-3H3/t14-/m1/s1. The normalized spacial score (nSPS) is 18.9. The average Bonchev–Trinajstić information content (AvgIpc) is 2.46. The number of rotatable bonds is 3. The van der Waals surface area contributed by atoms with Gasteiger partial charge in [0.25, 0.3) is 0 Å². The van der Waals surface area contributed by atoms with Gasteiger partial charge in [-0.15, -0.1) is 0 Å². The van der Waals surface area contributed by atoms with Gasteiger partial charge in [-0.2, -0.15) is 0 Å². The lowest BCUT2D eigenvalue weighted by atomic mass is 10.0. The number of carbonyl (C=O) groups is 2. The third-order valence-corrected chi connectivity index (χ3v) is 3.35. The monoisotopic (exact) mass is 305 g/mol. The van der Waals surface area contributed by atoms with E-state index in [1.54, 1.807) is 0 Å². The van der Waals surface area contributed by atoms with Gasteiger partial charge in [0.1, 0.15) is 11.6 Å². The first-order valence-electron chi connectivity index (χ1n) is 7.51. The van der Waals surface area contributed by atoms with Crippen molar-refractivity contribution in [1.29, 1.82) is 0 Å². The number of morpholine rings is 1. The number of amides is 1. The number of Topliss-reactive ketones (excluding diaryl/α,β-unsaturated/α-hetero) is 1. The molecular weight excluding hydrogens is 282 g/mol. The second-order valence-corrected chi connectivity index (χ2v) is 6.39. The number of hydrogen-bond donors (Lipinski definition) is 0. The lowest BCUT2D eigenvalue weighted by Crippen LogP contribution is -2.54. The van der Waals surface area contributed by atoms with Crippen LogP contribution in [0.15, 0.2) is 30.3 Å². The van der Waals surface area contributed by atoms with Crippen LogP contribution >= 0.6 is 0 Å². The number of ketones is 1. The second-order valence-electron chi connectivity index (χ2n) is 6.39. The van der Waals surface area contributed by atoms with Crippen LogP contribution in [0.1, 0.15) is 26.3 Å². The van der Waals surface area contributed by atoms with Crippen LogP contribution in [0.2, 0.25) is 0 Å². The van der Waals surface area contributed by atoms with Crippen LogP contribution in [-0.2, 0) is 20.7 Å². The van der Waals surface area contributed by atoms with E-state index in [2.05, 4.69) is 0 Å². The molecule has 1 fully saturated rings. The molecule has 0 bridgehead atoms. The minimum Gasteiger partial charge on any atom is -0.444 e. The van der Waals surface area contributed by atoms with Gasteiger partial charge in [0.15, 0.2) is 5.78 Å². The van der Waals surface area contributed by atoms with Gasteiger partial charge in [-0.1, -0.05) is 30.3 Å². The topological polar surface area (TPSA) is 55.8 Å². The minimum absolute atomic E-state index is 0.0308. The molecule has 1 aliphatic heterocycles. The molecule has 0 radical (unpaired) electrons.